The summed E-state index contributed by atoms with van der Waals surface area (Å²) in [4.78, 5) is 9.29. The van der Waals surface area contributed by atoms with Crippen molar-refractivity contribution < 1.29 is 40.4 Å². The summed E-state index contributed by atoms with van der Waals surface area (Å²) in [6.45, 7) is 0. The van der Waals surface area contributed by atoms with Crippen LogP contribution in [0.25, 0.3) is 0 Å². The highest BCUT2D eigenvalue weighted by molar-refractivity contribution is 5.44. The van der Waals surface area contributed by atoms with Crippen LogP contribution < -0.4 is 4.74 Å². The molecule has 0 N–H and O–H groups in total. The van der Waals surface area contributed by atoms with E-state index in [0.29, 0.717) is 0 Å². The third kappa shape index (κ3) is 3.39. The summed E-state index contributed by atoms with van der Waals surface area (Å²) in [6.07, 6.45) is -5.04. The second-order valence-electron chi connectivity index (χ2n) is 4.36. The topological polar surface area (TPSA) is 52.4 Å². The Balaban J connectivity index is 2.49. The average Bonchev–Trinajstić information content (AvgIpc) is 2.43. The zero-order chi connectivity index (χ0) is 18.2. The van der Waals surface area contributed by atoms with Crippen LogP contribution in [-0.2, 0) is 6.18 Å². The van der Waals surface area contributed by atoms with Crippen molar-refractivity contribution in [3.05, 3.63) is 63.2 Å². The van der Waals surface area contributed by atoms with Crippen molar-refractivity contribution in [1.82, 2.24) is 0 Å². The second kappa shape index (κ2) is 5.98. The second-order valence-corrected chi connectivity index (χ2v) is 4.36. The van der Waals surface area contributed by atoms with Gasteiger partial charge in [0.15, 0.2) is 29.0 Å². The molecule has 0 aliphatic rings. The highest BCUT2D eigenvalue weighted by atomic mass is 19.4. The van der Waals surface area contributed by atoms with E-state index in [4.69, 9.17) is 0 Å². The first kappa shape index (κ1) is 17.5. The molecule has 0 bridgehead atoms. The minimum Gasteiger partial charge on any atom is -0.448 e. The number of nitrogens with zero attached hydrogens (tertiary/aromatic N) is 1. The molecule has 24 heavy (non-hydrogen) atoms. The van der Waals surface area contributed by atoms with Gasteiger partial charge in [0.2, 0.25) is 5.82 Å². The van der Waals surface area contributed by atoms with Gasteiger partial charge in [-0.15, -0.1) is 0 Å². The Hall–Kier alpha value is -2.85. The Labute approximate surface area is 128 Å². The van der Waals surface area contributed by atoms with Gasteiger partial charge >= 0.3 is 11.9 Å². The molecule has 0 saturated carbocycles. The van der Waals surface area contributed by atoms with Gasteiger partial charge in [-0.1, -0.05) is 0 Å². The number of benzene rings is 2. The van der Waals surface area contributed by atoms with Crippen LogP contribution in [-0.4, -0.2) is 4.92 Å². The molecule has 2 aromatic rings. The van der Waals surface area contributed by atoms with E-state index in [-0.39, 0.29) is 24.3 Å². The van der Waals surface area contributed by atoms with E-state index in [9.17, 15) is 40.8 Å². The summed E-state index contributed by atoms with van der Waals surface area (Å²) in [6, 6.07) is 0.0388. The van der Waals surface area contributed by atoms with Crippen LogP contribution in [0.15, 0.2) is 24.3 Å². The molecule has 0 unspecified atom stereocenters. The van der Waals surface area contributed by atoms with E-state index in [2.05, 4.69) is 4.74 Å². The molecule has 0 saturated heterocycles. The minimum atomic E-state index is -5.04. The molecule has 11 heteroatoms. The van der Waals surface area contributed by atoms with Gasteiger partial charge in [-0.3, -0.25) is 10.1 Å². The van der Waals surface area contributed by atoms with E-state index >= 15 is 0 Å². The standard InChI is InChI=1S/C13H4F7NO3/c14-6-3-7(15)11(4-10(6)21(22)23)24-12-8(16)1-5(2-9(12)17)13(18,19)20/h1-4H. The maximum atomic E-state index is 13.6. The lowest BCUT2D eigenvalue weighted by molar-refractivity contribution is -0.387. The number of alkyl halides is 3. The van der Waals surface area contributed by atoms with Gasteiger partial charge in [-0.25, -0.2) is 13.2 Å². The van der Waals surface area contributed by atoms with Crippen LogP contribution in [0.4, 0.5) is 36.4 Å². The lowest BCUT2D eigenvalue weighted by Gasteiger charge is -2.12. The van der Waals surface area contributed by atoms with E-state index in [0.717, 1.165) is 0 Å². The van der Waals surface area contributed by atoms with Crippen molar-refractivity contribution in [3.63, 3.8) is 0 Å². The third-order valence-corrected chi connectivity index (χ3v) is 2.74. The normalized spacial score (nSPS) is 11.5. The zero-order valence-corrected chi connectivity index (χ0v) is 11.1. The molecule has 2 aromatic carbocycles. The first-order valence-electron chi connectivity index (χ1n) is 5.88. The van der Waals surface area contributed by atoms with Crippen molar-refractivity contribution >= 4 is 5.69 Å². The summed E-state index contributed by atoms with van der Waals surface area (Å²) >= 11 is 0. The van der Waals surface area contributed by atoms with E-state index in [1.165, 1.54) is 0 Å². The molecule has 0 radical (unpaired) electrons. The van der Waals surface area contributed by atoms with Crippen molar-refractivity contribution in [2.45, 2.75) is 6.18 Å². The number of rotatable bonds is 3. The maximum absolute atomic E-state index is 13.6. The summed E-state index contributed by atoms with van der Waals surface area (Å²) in [5.41, 5.74) is -2.91. The zero-order valence-electron chi connectivity index (χ0n) is 11.1. The number of nitro benzene ring substituents is 1. The summed E-state index contributed by atoms with van der Waals surface area (Å²) in [7, 11) is 0. The molecule has 0 aliphatic carbocycles. The van der Waals surface area contributed by atoms with Crippen molar-refractivity contribution in [1.29, 1.82) is 0 Å². The number of halogens is 7. The minimum absolute atomic E-state index is 0.0351. The lowest BCUT2D eigenvalue weighted by Crippen LogP contribution is -2.07. The van der Waals surface area contributed by atoms with E-state index in [1.54, 1.807) is 0 Å². The molecule has 0 aliphatic heterocycles. The van der Waals surface area contributed by atoms with Crippen LogP contribution in [0, 0.1) is 33.4 Å². The molecule has 128 valence electrons. The Morgan fingerprint density at radius 1 is 0.875 bits per heavy atom. The van der Waals surface area contributed by atoms with E-state index < -0.39 is 57.1 Å². The van der Waals surface area contributed by atoms with Gasteiger partial charge in [0, 0.05) is 6.07 Å². The predicted octanol–water partition coefficient (Wildman–Crippen LogP) is 4.96. The Morgan fingerprint density at radius 2 is 1.42 bits per heavy atom. The van der Waals surface area contributed by atoms with Crippen LogP contribution >= 0.6 is 0 Å². The first-order valence-corrected chi connectivity index (χ1v) is 5.88. The maximum Gasteiger partial charge on any atom is 0.416 e. The molecular formula is C13H4F7NO3. The van der Waals surface area contributed by atoms with Crippen molar-refractivity contribution in [3.8, 4) is 11.5 Å². The van der Waals surface area contributed by atoms with Crippen molar-refractivity contribution in [2.24, 2.45) is 0 Å². The first-order chi connectivity index (χ1) is 11.0. The van der Waals surface area contributed by atoms with Gasteiger partial charge in [0.05, 0.1) is 16.6 Å². The highest BCUT2D eigenvalue weighted by Crippen LogP contribution is 2.37. The Bertz CT molecular complexity index is 797. The van der Waals surface area contributed by atoms with Gasteiger partial charge in [-0.05, 0) is 12.1 Å². The highest BCUT2D eigenvalue weighted by Gasteiger charge is 2.33. The predicted molar refractivity (Wildman–Crippen MR) is 64.4 cm³/mol. The van der Waals surface area contributed by atoms with Crippen LogP contribution in [0.1, 0.15) is 5.56 Å². The fourth-order valence-corrected chi connectivity index (χ4v) is 1.67. The summed E-state index contributed by atoms with van der Waals surface area (Å²) < 4.78 is 95.5. The fraction of sp³-hybridized carbons (Fsp3) is 0.0769. The molecular weight excluding hydrogens is 351 g/mol. The molecule has 0 spiro atoms. The molecule has 0 amide bonds. The summed E-state index contributed by atoms with van der Waals surface area (Å²) in [5.74, 6) is -9.33. The molecule has 4 nitrogen and oxygen atoms in total. The van der Waals surface area contributed by atoms with Gasteiger partial charge in [0.25, 0.3) is 0 Å². The van der Waals surface area contributed by atoms with E-state index in [1.807, 2.05) is 0 Å². The molecule has 0 fully saturated rings. The average molecular weight is 355 g/mol. The quantitative estimate of drug-likeness (QED) is 0.444. The third-order valence-electron chi connectivity index (χ3n) is 2.74. The molecule has 0 aromatic heterocycles. The number of hydrogen-bond donors (Lipinski definition) is 0. The number of ether oxygens (including phenoxy) is 1. The smallest absolute Gasteiger partial charge is 0.416 e. The van der Waals surface area contributed by atoms with Gasteiger partial charge < -0.3 is 4.74 Å². The summed E-state index contributed by atoms with van der Waals surface area (Å²) in [5, 5.41) is 10.5. The van der Waals surface area contributed by atoms with Gasteiger partial charge in [0.1, 0.15) is 0 Å². The van der Waals surface area contributed by atoms with Crippen LogP contribution in [0.5, 0.6) is 11.5 Å². The monoisotopic (exact) mass is 355 g/mol. The number of hydrogen-bond acceptors (Lipinski definition) is 3. The molecule has 0 atom stereocenters. The fourth-order valence-electron chi connectivity index (χ4n) is 1.67. The molecule has 0 heterocycles. The SMILES string of the molecule is O=[N+]([O-])c1cc(Oc2c(F)cc(C(F)(F)F)cc2F)c(F)cc1F. The Morgan fingerprint density at radius 3 is 1.88 bits per heavy atom. The van der Waals surface area contributed by atoms with Gasteiger partial charge in [-0.2, -0.15) is 17.6 Å². The van der Waals surface area contributed by atoms with Crippen molar-refractivity contribution in [2.75, 3.05) is 0 Å². The Kier molecular flexibility index (Phi) is 4.36. The largest absolute Gasteiger partial charge is 0.448 e. The van der Waals surface area contributed by atoms with Crippen LogP contribution in [0.2, 0.25) is 0 Å². The lowest BCUT2D eigenvalue weighted by atomic mass is 10.2. The van der Waals surface area contributed by atoms with Crippen LogP contribution in [0.3, 0.4) is 0 Å². The number of nitro groups is 1. The molecule has 2 rings (SSSR count).